The van der Waals surface area contributed by atoms with Crippen LogP contribution in [-0.2, 0) is 17.5 Å². The van der Waals surface area contributed by atoms with Crippen molar-refractivity contribution in [3.05, 3.63) is 53.9 Å². The average Bonchev–Trinajstić information content (AvgIpc) is 3.21. The summed E-state index contributed by atoms with van der Waals surface area (Å²) in [5.74, 6) is -0.213. The largest absolute Gasteiger partial charge is 0.416 e. The zero-order valence-corrected chi connectivity index (χ0v) is 13.4. The lowest BCUT2D eigenvalue weighted by atomic mass is 10.0. The number of benzene rings is 1. The summed E-state index contributed by atoms with van der Waals surface area (Å²) in [6.07, 6.45) is -1.44. The zero-order valence-electron chi connectivity index (χ0n) is 13.4. The molecule has 5 nitrogen and oxygen atoms in total. The van der Waals surface area contributed by atoms with Gasteiger partial charge >= 0.3 is 6.18 Å². The third kappa shape index (κ3) is 4.01. The molecule has 1 N–H and O–H groups in total. The number of carbonyl (C=O) groups excluding carboxylic acids is 1. The summed E-state index contributed by atoms with van der Waals surface area (Å²) >= 11 is 0. The van der Waals surface area contributed by atoms with Gasteiger partial charge < -0.3 is 10.0 Å². The maximum atomic E-state index is 12.9. The molecule has 0 unspecified atom stereocenters. The lowest BCUT2D eigenvalue weighted by Crippen LogP contribution is -2.32. The van der Waals surface area contributed by atoms with Crippen LogP contribution in [0.2, 0.25) is 0 Å². The number of carbonyl (C=O) groups is 1. The predicted molar refractivity (Wildman–Crippen MR) is 83.4 cm³/mol. The van der Waals surface area contributed by atoms with Crippen LogP contribution in [0.5, 0.6) is 0 Å². The van der Waals surface area contributed by atoms with Crippen molar-refractivity contribution in [3.63, 3.8) is 0 Å². The Bertz CT molecular complexity index is 731. The normalized spacial score (nSPS) is 20.9. The summed E-state index contributed by atoms with van der Waals surface area (Å²) in [6.45, 7) is 0.507. The van der Waals surface area contributed by atoms with Gasteiger partial charge in [-0.25, -0.2) is 0 Å². The number of aromatic nitrogens is 2. The fraction of sp³-hybridized carbons (Fsp3) is 0.412. The van der Waals surface area contributed by atoms with Crippen LogP contribution in [0, 0.1) is 0 Å². The van der Waals surface area contributed by atoms with Crippen LogP contribution in [0.1, 0.15) is 30.0 Å². The second-order valence-corrected chi connectivity index (χ2v) is 6.09. The number of rotatable bonds is 4. The SMILES string of the molecule is O=C(CCn1cccn1)N1C[C@@H](O)C[C@@H]1c1cccc(C(F)(F)F)c1. The number of aryl methyl sites for hydroxylation is 1. The van der Waals surface area contributed by atoms with E-state index in [1.807, 2.05) is 0 Å². The molecule has 0 saturated carbocycles. The van der Waals surface area contributed by atoms with E-state index in [1.54, 1.807) is 29.2 Å². The predicted octanol–water partition coefficient (Wildman–Crippen LogP) is 2.63. The van der Waals surface area contributed by atoms with Crippen molar-refractivity contribution >= 4 is 5.91 Å². The van der Waals surface area contributed by atoms with Crippen LogP contribution in [-0.4, -0.2) is 38.3 Å². The number of alkyl halides is 3. The Labute approximate surface area is 142 Å². The molecule has 1 saturated heterocycles. The average molecular weight is 353 g/mol. The lowest BCUT2D eigenvalue weighted by Gasteiger charge is -2.25. The Kier molecular flexibility index (Phi) is 4.80. The van der Waals surface area contributed by atoms with E-state index in [2.05, 4.69) is 5.10 Å². The van der Waals surface area contributed by atoms with E-state index >= 15 is 0 Å². The summed E-state index contributed by atoms with van der Waals surface area (Å²) in [7, 11) is 0. The van der Waals surface area contributed by atoms with Gasteiger partial charge in [-0.3, -0.25) is 9.48 Å². The molecule has 1 aromatic carbocycles. The summed E-state index contributed by atoms with van der Waals surface area (Å²) in [5, 5.41) is 13.9. The topological polar surface area (TPSA) is 58.4 Å². The molecule has 25 heavy (non-hydrogen) atoms. The Hall–Kier alpha value is -2.35. The van der Waals surface area contributed by atoms with Gasteiger partial charge in [0.05, 0.1) is 17.7 Å². The first kappa shape index (κ1) is 17.5. The van der Waals surface area contributed by atoms with Crippen LogP contribution in [0.4, 0.5) is 13.2 Å². The number of hydrogen-bond acceptors (Lipinski definition) is 3. The minimum absolute atomic E-state index is 0.124. The minimum Gasteiger partial charge on any atom is -0.391 e. The molecule has 2 atom stereocenters. The first-order valence-corrected chi connectivity index (χ1v) is 7.96. The van der Waals surface area contributed by atoms with E-state index in [1.165, 1.54) is 11.0 Å². The monoisotopic (exact) mass is 353 g/mol. The van der Waals surface area contributed by atoms with Crippen LogP contribution in [0.3, 0.4) is 0 Å². The Balaban J connectivity index is 1.76. The quantitative estimate of drug-likeness (QED) is 0.919. The molecular formula is C17H18F3N3O2. The highest BCUT2D eigenvalue weighted by Crippen LogP contribution is 2.36. The Morgan fingerprint density at radius 2 is 2.12 bits per heavy atom. The molecule has 3 rings (SSSR count). The van der Waals surface area contributed by atoms with Crippen molar-refractivity contribution < 1.29 is 23.1 Å². The number of nitrogens with zero attached hydrogens (tertiary/aromatic N) is 3. The highest BCUT2D eigenvalue weighted by Gasteiger charge is 2.37. The van der Waals surface area contributed by atoms with E-state index in [-0.39, 0.29) is 25.3 Å². The molecular weight excluding hydrogens is 335 g/mol. The number of amides is 1. The third-order valence-corrected chi connectivity index (χ3v) is 4.31. The maximum absolute atomic E-state index is 12.9. The summed E-state index contributed by atoms with van der Waals surface area (Å²) in [6, 6.07) is 6.13. The van der Waals surface area contributed by atoms with Crippen LogP contribution in [0.25, 0.3) is 0 Å². The molecule has 1 amide bonds. The summed E-state index contributed by atoms with van der Waals surface area (Å²) in [5.41, 5.74) is -0.367. The molecule has 1 aliphatic heterocycles. The van der Waals surface area contributed by atoms with Gasteiger partial charge in [-0.2, -0.15) is 18.3 Å². The molecule has 2 heterocycles. The zero-order chi connectivity index (χ0) is 18.0. The molecule has 0 bridgehead atoms. The van der Waals surface area contributed by atoms with Gasteiger partial charge in [-0.05, 0) is 30.2 Å². The van der Waals surface area contributed by atoms with Crippen molar-refractivity contribution in [2.75, 3.05) is 6.54 Å². The highest BCUT2D eigenvalue weighted by molar-refractivity contribution is 5.77. The second kappa shape index (κ2) is 6.87. The number of aliphatic hydroxyl groups excluding tert-OH is 1. The Morgan fingerprint density at radius 1 is 1.32 bits per heavy atom. The smallest absolute Gasteiger partial charge is 0.391 e. The third-order valence-electron chi connectivity index (χ3n) is 4.31. The number of aliphatic hydroxyl groups is 1. The van der Waals surface area contributed by atoms with Gasteiger partial charge in [-0.15, -0.1) is 0 Å². The van der Waals surface area contributed by atoms with E-state index < -0.39 is 23.9 Å². The van der Waals surface area contributed by atoms with E-state index in [4.69, 9.17) is 0 Å². The highest BCUT2D eigenvalue weighted by atomic mass is 19.4. The van der Waals surface area contributed by atoms with E-state index in [9.17, 15) is 23.1 Å². The fourth-order valence-electron chi connectivity index (χ4n) is 3.11. The second-order valence-electron chi connectivity index (χ2n) is 6.09. The summed E-state index contributed by atoms with van der Waals surface area (Å²) in [4.78, 5) is 14.0. The number of β-amino-alcohol motifs (C(OH)–C–C–N with tert-alkyl or cyclic N) is 1. The molecule has 1 aromatic heterocycles. The van der Waals surface area contributed by atoms with Gasteiger partial charge in [0, 0.05) is 31.9 Å². The molecule has 134 valence electrons. The van der Waals surface area contributed by atoms with E-state index in [0.717, 1.165) is 12.1 Å². The molecule has 8 heteroatoms. The number of halogens is 3. The molecule has 0 aliphatic carbocycles. The standard InChI is InChI=1S/C17H18F3N3O2/c18-17(19,20)13-4-1-3-12(9-13)15-10-14(24)11-23(15)16(25)5-8-22-7-2-6-21-22/h1-4,6-7,9,14-15,24H,5,8,10-11H2/t14-,15+/m0/s1. The van der Waals surface area contributed by atoms with Crippen molar-refractivity contribution in [3.8, 4) is 0 Å². The lowest BCUT2D eigenvalue weighted by molar-refractivity contribution is -0.137. The molecule has 0 spiro atoms. The first-order chi connectivity index (χ1) is 11.8. The minimum atomic E-state index is -4.44. The van der Waals surface area contributed by atoms with Gasteiger partial charge in [0.15, 0.2) is 0 Å². The van der Waals surface area contributed by atoms with Gasteiger partial charge in [0.1, 0.15) is 0 Å². The van der Waals surface area contributed by atoms with Gasteiger partial charge in [0.25, 0.3) is 0 Å². The maximum Gasteiger partial charge on any atom is 0.416 e. The number of hydrogen-bond donors (Lipinski definition) is 1. The summed E-state index contributed by atoms with van der Waals surface area (Å²) < 4.78 is 40.4. The van der Waals surface area contributed by atoms with Gasteiger partial charge in [-0.1, -0.05) is 12.1 Å². The van der Waals surface area contributed by atoms with Crippen LogP contribution >= 0.6 is 0 Å². The van der Waals surface area contributed by atoms with Crippen molar-refractivity contribution in [2.45, 2.75) is 37.7 Å². The molecule has 0 radical (unpaired) electrons. The van der Waals surface area contributed by atoms with Crippen molar-refractivity contribution in [1.82, 2.24) is 14.7 Å². The van der Waals surface area contributed by atoms with Gasteiger partial charge in [0.2, 0.25) is 5.91 Å². The first-order valence-electron chi connectivity index (χ1n) is 7.96. The van der Waals surface area contributed by atoms with Crippen molar-refractivity contribution in [2.24, 2.45) is 0 Å². The van der Waals surface area contributed by atoms with Crippen LogP contribution < -0.4 is 0 Å². The number of likely N-dealkylation sites (tertiary alicyclic amines) is 1. The van der Waals surface area contributed by atoms with Crippen molar-refractivity contribution in [1.29, 1.82) is 0 Å². The van der Waals surface area contributed by atoms with E-state index in [0.29, 0.717) is 12.1 Å². The van der Waals surface area contributed by atoms with Crippen LogP contribution in [0.15, 0.2) is 42.7 Å². The Morgan fingerprint density at radius 3 is 2.80 bits per heavy atom. The molecule has 1 aliphatic rings. The molecule has 1 fully saturated rings. The fourth-order valence-corrected chi connectivity index (χ4v) is 3.11. The molecule has 2 aromatic rings.